The van der Waals surface area contributed by atoms with Gasteiger partial charge in [-0.3, -0.25) is 4.99 Å². The van der Waals surface area contributed by atoms with Gasteiger partial charge in [0, 0.05) is 17.0 Å². The van der Waals surface area contributed by atoms with Gasteiger partial charge in [0.1, 0.15) is 11.7 Å². The highest BCUT2D eigenvalue weighted by Crippen LogP contribution is 2.32. The first-order chi connectivity index (χ1) is 18.3. The number of anilines is 2. The van der Waals surface area contributed by atoms with Crippen molar-refractivity contribution >= 4 is 34.1 Å². The van der Waals surface area contributed by atoms with Gasteiger partial charge in [-0.25, -0.2) is 4.99 Å². The number of aliphatic imine (C=N–C) groups is 2. The highest BCUT2D eigenvalue weighted by atomic mass is 32.2. The monoisotopic (exact) mass is 503 g/mol. The van der Waals surface area contributed by atoms with Gasteiger partial charge < -0.3 is 10.1 Å². The predicted octanol–water partition coefficient (Wildman–Crippen LogP) is 6.92. The maximum absolute atomic E-state index is 6.09. The molecule has 1 N–H and O–H groups in total. The van der Waals surface area contributed by atoms with Crippen molar-refractivity contribution in [2.24, 2.45) is 9.98 Å². The topological polar surface area (TPSA) is 46.0 Å². The number of ether oxygens (including phenoxy) is 1. The van der Waals surface area contributed by atoms with Gasteiger partial charge in [0.15, 0.2) is 0 Å². The van der Waals surface area contributed by atoms with E-state index in [1.165, 1.54) is 11.1 Å². The van der Waals surface area contributed by atoms with Gasteiger partial charge in [0.05, 0.1) is 23.3 Å². The molecule has 37 heavy (non-hydrogen) atoms. The molecule has 184 valence electrons. The molecule has 0 saturated carbocycles. The van der Waals surface area contributed by atoms with Crippen LogP contribution in [0.5, 0.6) is 0 Å². The minimum atomic E-state index is 0.128. The van der Waals surface area contributed by atoms with E-state index in [-0.39, 0.29) is 6.04 Å². The van der Waals surface area contributed by atoms with Gasteiger partial charge >= 0.3 is 0 Å². The lowest BCUT2D eigenvalue weighted by atomic mass is 10.1. The normalized spacial score (nSPS) is 18.7. The van der Waals surface area contributed by atoms with Gasteiger partial charge in [-0.1, -0.05) is 91.0 Å². The van der Waals surface area contributed by atoms with Crippen LogP contribution in [0.3, 0.4) is 0 Å². The second kappa shape index (κ2) is 11.1. The summed E-state index contributed by atoms with van der Waals surface area (Å²) in [6, 6.07) is 38.2. The van der Waals surface area contributed by atoms with Crippen LogP contribution in [0.15, 0.2) is 119 Å². The molecule has 2 aliphatic rings. The molecule has 0 aliphatic carbocycles. The zero-order chi connectivity index (χ0) is 24.9. The number of rotatable bonds is 8. The van der Waals surface area contributed by atoms with Gasteiger partial charge in [-0.05, 0) is 42.2 Å². The van der Waals surface area contributed by atoms with Gasteiger partial charge in [-0.15, -0.1) is 11.8 Å². The third-order valence-electron chi connectivity index (χ3n) is 6.64. The lowest BCUT2D eigenvalue weighted by Crippen LogP contribution is -2.09. The summed E-state index contributed by atoms with van der Waals surface area (Å²) in [6.07, 6.45) is 1.85. The lowest BCUT2D eigenvalue weighted by Gasteiger charge is -2.15. The number of thioether (sulfide) groups is 1. The van der Waals surface area contributed by atoms with Gasteiger partial charge in [0.2, 0.25) is 5.90 Å². The summed E-state index contributed by atoms with van der Waals surface area (Å²) in [4.78, 5) is 10.0. The number of benzene rings is 4. The maximum atomic E-state index is 6.09. The first-order valence-corrected chi connectivity index (χ1v) is 13.8. The number of hydrogen-bond donors (Lipinski definition) is 1. The molecule has 2 aliphatic heterocycles. The summed E-state index contributed by atoms with van der Waals surface area (Å²) >= 11 is 1.84. The average Bonchev–Trinajstić information content (AvgIpc) is 3.60. The van der Waals surface area contributed by atoms with Crippen LogP contribution >= 0.6 is 11.8 Å². The maximum Gasteiger partial charge on any atom is 0.218 e. The van der Waals surface area contributed by atoms with Crippen molar-refractivity contribution in [3.05, 3.63) is 131 Å². The van der Waals surface area contributed by atoms with Crippen LogP contribution in [0.1, 0.15) is 22.3 Å². The molecule has 0 aromatic heterocycles. The van der Waals surface area contributed by atoms with Crippen LogP contribution in [0, 0.1) is 0 Å². The Morgan fingerprint density at radius 2 is 1.22 bits per heavy atom. The largest absolute Gasteiger partial charge is 0.475 e. The fourth-order valence-electron chi connectivity index (χ4n) is 4.81. The quantitative estimate of drug-likeness (QED) is 0.284. The van der Waals surface area contributed by atoms with Crippen molar-refractivity contribution in [1.82, 2.24) is 0 Å². The predicted molar refractivity (Wildman–Crippen MR) is 156 cm³/mol. The highest BCUT2D eigenvalue weighted by molar-refractivity contribution is 8.14. The van der Waals surface area contributed by atoms with Crippen molar-refractivity contribution in [3.63, 3.8) is 0 Å². The highest BCUT2D eigenvalue weighted by Gasteiger charge is 2.24. The van der Waals surface area contributed by atoms with E-state index in [2.05, 4.69) is 96.3 Å². The first-order valence-electron chi connectivity index (χ1n) is 12.8. The third kappa shape index (κ3) is 5.62. The van der Waals surface area contributed by atoms with Crippen LogP contribution in [0.4, 0.5) is 11.4 Å². The van der Waals surface area contributed by atoms with Crippen molar-refractivity contribution < 1.29 is 4.74 Å². The minimum Gasteiger partial charge on any atom is -0.475 e. The standard InChI is InChI=1S/C32H29N3OS/c1-3-11-23(12-4-1)19-25-21-36-31(33-25)27-15-7-9-17-29(27)35-30-18-10-8-16-28(30)32-34-26(22-37-32)20-24-13-5-2-6-14-24/h1-18,25-26,35H,19-22H2/t25-,26-/m0/s1. The zero-order valence-corrected chi connectivity index (χ0v) is 21.4. The van der Waals surface area contributed by atoms with E-state index >= 15 is 0 Å². The number of nitrogens with zero attached hydrogens (tertiary/aromatic N) is 2. The summed E-state index contributed by atoms with van der Waals surface area (Å²) in [5.41, 5.74) is 6.76. The van der Waals surface area contributed by atoms with E-state index in [0.29, 0.717) is 18.5 Å². The van der Waals surface area contributed by atoms with Crippen molar-refractivity contribution in [3.8, 4) is 0 Å². The summed E-state index contributed by atoms with van der Waals surface area (Å²) < 4.78 is 6.09. The molecule has 5 heteroatoms. The molecular weight excluding hydrogens is 474 g/mol. The molecule has 0 fully saturated rings. The molecule has 0 saturated heterocycles. The van der Waals surface area contributed by atoms with Crippen LogP contribution in [-0.4, -0.2) is 35.4 Å². The molecule has 4 aromatic carbocycles. The third-order valence-corrected chi connectivity index (χ3v) is 7.79. The van der Waals surface area contributed by atoms with Crippen molar-refractivity contribution in [2.75, 3.05) is 17.7 Å². The Morgan fingerprint density at radius 3 is 1.92 bits per heavy atom. The van der Waals surface area contributed by atoms with Crippen molar-refractivity contribution in [1.29, 1.82) is 0 Å². The Balaban J connectivity index is 1.22. The van der Waals surface area contributed by atoms with E-state index in [1.54, 1.807) is 0 Å². The summed E-state index contributed by atoms with van der Waals surface area (Å²) in [5, 5.41) is 4.77. The minimum absolute atomic E-state index is 0.128. The number of nitrogens with one attached hydrogen (secondary N) is 1. The molecule has 0 amide bonds. The van der Waals surface area contributed by atoms with Crippen LogP contribution < -0.4 is 5.32 Å². The lowest BCUT2D eigenvalue weighted by molar-refractivity contribution is 0.317. The molecule has 2 heterocycles. The summed E-state index contributed by atoms with van der Waals surface area (Å²) in [7, 11) is 0. The Morgan fingerprint density at radius 1 is 0.649 bits per heavy atom. The smallest absolute Gasteiger partial charge is 0.218 e. The van der Waals surface area contributed by atoms with E-state index < -0.39 is 0 Å². The fourth-order valence-corrected chi connectivity index (χ4v) is 5.91. The van der Waals surface area contributed by atoms with E-state index in [0.717, 1.165) is 46.1 Å². The van der Waals surface area contributed by atoms with Crippen LogP contribution in [0.2, 0.25) is 0 Å². The second-order valence-electron chi connectivity index (χ2n) is 9.39. The SMILES string of the molecule is c1ccc(C[C@H]2COC(c3ccccc3Nc3ccccc3C3=N[C@@H](Cc4ccccc4)CS3)=N2)cc1. The van der Waals surface area contributed by atoms with Crippen LogP contribution in [0.25, 0.3) is 0 Å². The Labute approximate surface area is 222 Å². The molecule has 0 radical (unpaired) electrons. The van der Waals surface area contributed by atoms with E-state index in [9.17, 15) is 0 Å². The Hall–Kier alpha value is -3.83. The van der Waals surface area contributed by atoms with Crippen LogP contribution in [-0.2, 0) is 17.6 Å². The summed E-state index contributed by atoms with van der Waals surface area (Å²) in [5.74, 6) is 1.71. The number of hydrogen-bond acceptors (Lipinski definition) is 5. The average molecular weight is 504 g/mol. The molecule has 0 spiro atoms. The van der Waals surface area contributed by atoms with Gasteiger partial charge in [0.25, 0.3) is 0 Å². The molecule has 2 atom stereocenters. The molecular formula is C32H29N3OS. The molecule has 6 rings (SSSR count). The van der Waals surface area contributed by atoms with Gasteiger partial charge in [-0.2, -0.15) is 0 Å². The first kappa shape index (κ1) is 23.6. The second-order valence-corrected chi connectivity index (χ2v) is 10.4. The van der Waals surface area contributed by atoms with E-state index in [1.807, 2.05) is 30.0 Å². The zero-order valence-electron chi connectivity index (χ0n) is 20.6. The number of para-hydroxylation sites is 2. The van der Waals surface area contributed by atoms with Crippen molar-refractivity contribution in [2.45, 2.75) is 24.9 Å². The summed E-state index contributed by atoms with van der Waals surface area (Å²) in [6.45, 7) is 0.603. The fraction of sp³-hybridized carbons (Fsp3) is 0.188. The molecule has 4 aromatic rings. The Kier molecular flexibility index (Phi) is 7.04. The van der Waals surface area contributed by atoms with E-state index in [4.69, 9.17) is 14.7 Å². The Bertz CT molecular complexity index is 1310. The molecule has 4 nitrogen and oxygen atoms in total. The molecule has 0 unspecified atom stereocenters. The molecule has 0 bridgehead atoms.